The smallest absolute Gasteiger partial charge is 0.286 e. The molecule has 2 aliphatic heterocycles. The zero-order valence-electron chi connectivity index (χ0n) is 17.2. The molecule has 2 amide bonds. The first-order chi connectivity index (χ1) is 15.6. The first-order valence-corrected chi connectivity index (χ1v) is 10.9. The summed E-state index contributed by atoms with van der Waals surface area (Å²) in [5.41, 5.74) is 1.16. The molecule has 5 rings (SSSR count). The molecule has 1 fully saturated rings. The molecule has 2 aliphatic rings. The summed E-state index contributed by atoms with van der Waals surface area (Å²) < 4.78 is 15.8. The van der Waals surface area contributed by atoms with Crippen molar-refractivity contribution in [3.63, 3.8) is 0 Å². The van der Waals surface area contributed by atoms with Crippen LogP contribution in [0.1, 0.15) is 44.1 Å². The summed E-state index contributed by atoms with van der Waals surface area (Å²) in [7, 11) is 1.59. The van der Waals surface area contributed by atoms with Gasteiger partial charge in [-0.2, -0.15) is 0 Å². The summed E-state index contributed by atoms with van der Waals surface area (Å²) in [6.07, 6.45) is 1.64. The zero-order chi connectivity index (χ0) is 22.1. The molecule has 3 aromatic rings. The van der Waals surface area contributed by atoms with E-state index in [2.05, 4.69) is 15.5 Å². The zero-order valence-corrected chi connectivity index (χ0v) is 18.1. The molecule has 2 aromatic carbocycles. The first-order valence-electron chi connectivity index (χ1n) is 10.1. The second-order valence-electron chi connectivity index (χ2n) is 7.35. The Labute approximate surface area is 187 Å². The summed E-state index contributed by atoms with van der Waals surface area (Å²) in [6, 6.07) is 12.0. The van der Waals surface area contributed by atoms with E-state index in [9.17, 15) is 9.59 Å². The van der Waals surface area contributed by atoms with Crippen molar-refractivity contribution in [2.75, 3.05) is 25.8 Å². The number of nitrogens with zero attached hydrogens (tertiary/aromatic N) is 3. The minimum absolute atomic E-state index is 0.0725. The van der Waals surface area contributed by atoms with Gasteiger partial charge in [0.25, 0.3) is 11.8 Å². The fourth-order valence-electron chi connectivity index (χ4n) is 3.79. The number of likely N-dealkylation sites (tertiary alicyclic amines) is 1. The highest BCUT2D eigenvalue weighted by molar-refractivity contribution is 7.13. The lowest BCUT2D eigenvalue weighted by atomic mass is 10.1. The third kappa shape index (κ3) is 3.84. The van der Waals surface area contributed by atoms with Crippen molar-refractivity contribution in [2.45, 2.75) is 18.9 Å². The lowest BCUT2D eigenvalue weighted by Crippen LogP contribution is -2.30. The Morgan fingerprint density at radius 2 is 1.94 bits per heavy atom. The van der Waals surface area contributed by atoms with E-state index < -0.39 is 0 Å². The number of aromatic nitrogens is 2. The van der Waals surface area contributed by atoms with Crippen molar-refractivity contribution in [2.24, 2.45) is 0 Å². The Balaban J connectivity index is 1.29. The molecule has 1 saturated heterocycles. The van der Waals surface area contributed by atoms with Gasteiger partial charge in [-0.25, -0.2) is 0 Å². The molecule has 32 heavy (non-hydrogen) atoms. The summed E-state index contributed by atoms with van der Waals surface area (Å²) in [6.45, 7) is 0.799. The predicted molar refractivity (Wildman–Crippen MR) is 116 cm³/mol. The molecule has 9 nitrogen and oxygen atoms in total. The molecule has 0 aliphatic carbocycles. The molecule has 0 spiro atoms. The number of nitrogens with one attached hydrogen (secondary N) is 1. The maximum atomic E-state index is 13.0. The van der Waals surface area contributed by atoms with Gasteiger partial charge in [0.2, 0.25) is 11.8 Å². The summed E-state index contributed by atoms with van der Waals surface area (Å²) in [4.78, 5) is 27.5. The van der Waals surface area contributed by atoms with Gasteiger partial charge >= 0.3 is 0 Å². The molecule has 0 radical (unpaired) electrons. The van der Waals surface area contributed by atoms with Crippen LogP contribution in [0.15, 0.2) is 42.5 Å². The van der Waals surface area contributed by atoms with Crippen LogP contribution >= 0.6 is 11.3 Å². The number of hydrogen-bond acceptors (Lipinski definition) is 8. The number of anilines is 1. The second kappa shape index (κ2) is 8.46. The van der Waals surface area contributed by atoms with Gasteiger partial charge in [0.15, 0.2) is 11.5 Å². The SMILES string of the molecule is COc1ccc(C(=O)N2CCC[C@@H]2c2nnc(C(=O)Nc3ccc4c(c3)OCO4)s2)cc1. The van der Waals surface area contributed by atoms with Crippen LogP contribution in [0, 0.1) is 0 Å². The Morgan fingerprint density at radius 1 is 1.12 bits per heavy atom. The summed E-state index contributed by atoms with van der Waals surface area (Å²) in [5, 5.41) is 12.0. The van der Waals surface area contributed by atoms with E-state index in [0.29, 0.717) is 40.1 Å². The highest BCUT2D eigenvalue weighted by Crippen LogP contribution is 2.36. The largest absolute Gasteiger partial charge is 0.497 e. The van der Waals surface area contributed by atoms with Crippen LogP contribution in [0.3, 0.4) is 0 Å². The number of methoxy groups -OCH3 is 1. The lowest BCUT2D eigenvalue weighted by Gasteiger charge is -2.22. The van der Waals surface area contributed by atoms with Crippen LogP contribution in [0.2, 0.25) is 0 Å². The van der Waals surface area contributed by atoms with E-state index in [1.54, 1.807) is 54.5 Å². The van der Waals surface area contributed by atoms with Gasteiger partial charge in [-0.15, -0.1) is 10.2 Å². The van der Waals surface area contributed by atoms with Crippen LogP contribution < -0.4 is 19.5 Å². The maximum absolute atomic E-state index is 13.0. The molecule has 0 bridgehead atoms. The van der Waals surface area contributed by atoms with Gasteiger partial charge in [0, 0.05) is 23.9 Å². The summed E-state index contributed by atoms with van der Waals surface area (Å²) in [5.74, 6) is 1.49. The Kier molecular flexibility index (Phi) is 5.36. The fraction of sp³-hybridized carbons (Fsp3) is 0.273. The number of amides is 2. The van der Waals surface area contributed by atoms with E-state index in [4.69, 9.17) is 14.2 Å². The number of ether oxygens (including phenoxy) is 3. The fourth-order valence-corrected chi connectivity index (χ4v) is 4.67. The van der Waals surface area contributed by atoms with Crippen molar-refractivity contribution in [3.8, 4) is 17.2 Å². The molecule has 0 saturated carbocycles. The highest BCUT2D eigenvalue weighted by atomic mass is 32.1. The van der Waals surface area contributed by atoms with Crippen molar-refractivity contribution in [3.05, 3.63) is 58.0 Å². The monoisotopic (exact) mass is 452 g/mol. The van der Waals surface area contributed by atoms with Gasteiger partial charge in [0.05, 0.1) is 13.2 Å². The van der Waals surface area contributed by atoms with Crippen LogP contribution in [-0.2, 0) is 0 Å². The average molecular weight is 452 g/mol. The molecular formula is C22H20N4O5S. The molecular weight excluding hydrogens is 432 g/mol. The lowest BCUT2D eigenvalue weighted by molar-refractivity contribution is 0.0735. The Hall–Kier alpha value is -3.66. The molecule has 164 valence electrons. The quantitative estimate of drug-likeness (QED) is 0.632. The Bertz CT molecular complexity index is 1160. The van der Waals surface area contributed by atoms with Gasteiger partial charge in [0.1, 0.15) is 10.8 Å². The van der Waals surface area contributed by atoms with Gasteiger partial charge < -0.3 is 24.4 Å². The number of carbonyl (C=O) groups excluding carboxylic acids is 2. The van der Waals surface area contributed by atoms with E-state index >= 15 is 0 Å². The normalized spacial score (nSPS) is 16.8. The summed E-state index contributed by atoms with van der Waals surface area (Å²) >= 11 is 1.20. The second-order valence-corrected chi connectivity index (χ2v) is 8.36. The van der Waals surface area contributed by atoms with Crippen molar-refractivity contribution >= 4 is 28.8 Å². The highest BCUT2D eigenvalue weighted by Gasteiger charge is 2.33. The minimum Gasteiger partial charge on any atom is -0.497 e. The van der Waals surface area contributed by atoms with Gasteiger partial charge in [-0.05, 0) is 49.2 Å². The van der Waals surface area contributed by atoms with Crippen molar-refractivity contribution in [1.82, 2.24) is 15.1 Å². The molecule has 10 heteroatoms. The third-order valence-corrected chi connectivity index (χ3v) is 6.42. The van der Waals surface area contributed by atoms with E-state index in [0.717, 1.165) is 12.8 Å². The average Bonchev–Trinajstić information content (AvgIpc) is 3.58. The maximum Gasteiger partial charge on any atom is 0.286 e. The molecule has 3 heterocycles. The number of fused-ring (bicyclic) bond motifs is 1. The molecule has 1 N–H and O–H groups in total. The van der Waals surface area contributed by atoms with Crippen LogP contribution in [-0.4, -0.2) is 47.4 Å². The number of rotatable bonds is 5. The number of benzene rings is 2. The van der Waals surface area contributed by atoms with Gasteiger partial charge in [-0.1, -0.05) is 11.3 Å². The topological polar surface area (TPSA) is 103 Å². The number of hydrogen-bond donors (Lipinski definition) is 1. The molecule has 0 unspecified atom stereocenters. The predicted octanol–water partition coefficient (Wildman–Crippen LogP) is 3.51. The Morgan fingerprint density at radius 3 is 2.75 bits per heavy atom. The van der Waals surface area contributed by atoms with Crippen LogP contribution in [0.4, 0.5) is 5.69 Å². The van der Waals surface area contributed by atoms with E-state index in [1.807, 2.05) is 0 Å². The first kappa shape index (κ1) is 20.3. The van der Waals surface area contributed by atoms with E-state index in [1.165, 1.54) is 11.3 Å². The van der Waals surface area contributed by atoms with Crippen molar-refractivity contribution in [1.29, 1.82) is 0 Å². The molecule has 1 aromatic heterocycles. The van der Waals surface area contributed by atoms with Crippen molar-refractivity contribution < 1.29 is 23.8 Å². The van der Waals surface area contributed by atoms with E-state index in [-0.39, 0.29) is 29.7 Å². The molecule has 1 atom stereocenters. The number of carbonyl (C=O) groups is 2. The minimum atomic E-state index is -0.362. The standard InChI is InChI=1S/C22H20N4O5S/c1-29-15-7-4-13(5-8-15)22(28)26-10-2-3-16(26)20-24-25-21(32-20)19(27)23-14-6-9-17-18(11-14)31-12-30-17/h4-9,11,16H,2-3,10,12H2,1H3,(H,23,27)/t16-/m1/s1. The van der Waals surface area contributed by atoms with Crippen LogP contribution in [0.25, 0.3) is 0 Å². The third-order valence-electron chi connectivity index (χ3n) is 5.40. The van der Waals surface area contributed by atoms with Crippen LogP contribution in [0.5, 0.6) is 17.2 Å². The van der Waals surface area contributed by atoms with Gasteiger partial charge in [-0.3, -0.25) is 9.59 Å².